The molecular weight excluding hydrogens is 463 g/mol. The standard InChI is InChI=1S/C26H32F3NO5/c1-16(2)21(30-24(32)35-25(4,5)6)23(31)33-17(3)22(18-10-8-7-9-11-18)34-20-14-12-19(13-15-20)26(27,28)29/h7-17,21-22H,1-6H3,(H,30,32)/t17-,21-,22-/m0/s1. The maximum absolute atomic E-state index is 13.0. The zero-order valence-corrected chi connectivity index (χ0v) is 20.7. The normalized spacial score (nSPS) is 14.6. The fraction of sp³-hybridized carbons (Fsp3) is 0.462. The largest absolute Gasteiger partial charge is 0.482 e. The molecule has 0 aliphatic carbocycles. The molecule has 2 rings (SSSR count). The summed E-state index contributed by atoms with van der Waals surface area (Å²) >= 11 is 0. The highest BCUT2D eigenvalue weighted by Gasteiger charge is 2.33. The van der Waals surface area contributed by atoms with E-state index in [1.54, 1.807) is 71.9 Å². The molecule has 2 aromatic rings. The first kappa shape index (κ1) is 28.0. The van der Waals surface area contributed by atoms with Crippen LogP contribution in [0.3, 0.4) is 0 Å². The van der Waals surface area contributed by atoms with Crippen molar-refractivity contribution in [2.24, 2.45) is 5.92 Å². The highest BCUT2D eigenvalue weighted by atomic mass is 19.4. The number of hydrogen-bond donors (Lipinski definition) is 1. The molecule has 0 aliphatic heterocycles. The fourth-order valence-corrected chi connectivity index (χ4v) is 3.20. The molecule has 0 aromatic heterocycles. The van der Waals surface area contributed by atoms with Gasteiger partial charge < -0.3 is 19.5 Å². The van der Waals surface area contributed by atoms with E-state index < -0.39 is 47.7 Å². The molecule has 6 nitrogen and oxygen atoms in total. The van der Waals surface area contributed by atoms with Gasteiger partial charge in [0, 0.05) is 0 Å². The van der Waals surface area contributed by atoms with Crippen molar-refractivity contribution in [2.75, 3.05) is 0 Å². The topological polar surface area (TPSA) is 73.9 Å². The number of carbonyl (C=O) groups excluding carboxylic acids is 2. The molecule has 3 atom stereocenters. The first-order valence-corrected chi connectivity index (χ1v) is 11.3. The van der Waals surface area contributed by atoms with Crippen LogP contribution in [0.1, 0.15) is 58.8 Å². The number of benzene rings is 2. The number of alkyl halides is 3. The zero-order chi connectivity index (χ0) is 26.4. The Bertz CT molecular complexity index is 969. The van der Waals surface area contributed by atoms with E-state index in [0.29, 0.717) is 5.56 Å². The van der Waals surface area contributed by atoms with Crippen LogP contribution in [-0.4, -0.2) is 29.8 Å². The van der Waals surface area contributed by atoms with Gasteiger partial charge in [0.1, 0.15) is 23.5 Å². The molecule has 0 bridgehead atoms. The van der Waals surface area contributed by atoms with E-state index in [0.717, 1.165) is 12.1 Å². The van der Waals surface area contributed by atoms with Gasteiger partial charge in [0.05, 0.1) is 5.56 Å². The minimum atomic E-state index is -4.47. The summed E-state index contributed by atoms with van der Waals surface area (Å²) in [6.07, 6.45) is -6.87. The summed E-state index contributed by atoms with van der Waals surface area (Å²) in [5, 5.41) is 2.54. The van der Waals surface area contributed by atoms with Crippen molar-refractivity contribution in [3.63, 3.8) is 0 Å². The smallest absolute Gasteiger partial charge is 0.416 e. The lowest BCUT2D eigenvalue weighted by Gasteiger charge is -2.29. The van der Waals surface area contributed by atoms with Crippen molar-refractivity contribution in [3.05, 3.63) is 65.7 Å². The Morgan fingerprint density at radius 3 is 1.94 bits per heavy atom. The monoisotopic (exact) mass is 495 g/mol. The van der Waals surface area contributed by atoms with E-state index in [9.17, 15) is 22.8 Å². The second-order valence-corrected chi connectivity index (χ2v) is 9.48. The van der Waals surface area contributed by atoms with Crippen LogP contribution in [0.25, 0.3) is 0 Å². The first-order valence-electron chi connectivity index (χ1n) is 11.3. The number of amides is 1. The molecule has 0 heterocycles. The van der Waals surface area contributed by atoms with E-state index in [1.165, 1.54) is 12.1 Å². The molecule has 1 N–H and O–H groups in total. The number of nitrogens with one attached hydrogen (secondary N) is 1. The fourth-order valence-electron chi connectivity index (χ4n) is 3.20. The van der Waals surface area contributed by atoms with Crippen LogP contribution < -0.4 is 10.1 Å². The summed E-state index contributed by atoms with van der Waals surface area (Å²) in [7, 11) is 0. The van der Waals surface area contributed by atoms with Crippen LogP contribution in [0.15, 0.2) is 54.6 Å². The van der Waals surface area contributed by atoms with E-state index in [-0.39, 0.29) is 11.7 Å². The third kappa shape index (κ3) is 8.81. The maximum Gasteiger partial charge on any atom is 0.416 e. The molecule has 1 amide bonds. The average Bonchev–Trinajstić information content (AvgIpc) is 2.74. The van der Waals surface area contributed by atoms with Crippen LogP contribution in [0.4, 0.5) is 18.0 Å². The summed E-state index contributed by atoms with van der Waals surface area (Å²) < 4.78 is 55.6. The Labute approximate surface area is 203 Å². The van der Waals surface area contributed by atoms with Gasteiger partial charge in [-0.25, -0.2) is 9.59 Å². The lowest BCUT2D eigenvalue weighted by Crippen LogP contribution is -2.48. The molecule has 0 unspecified atom stereocenters. The lowest BCUT2D eigenvalue weighted by molar-refractivity contribution is -0.156. The average molecular weight is 496 g/mol. The number of halogens is 3. The molecule has 0 saturated carbocycles. The van der Waals surface area contributed by atoms with E-state index in [2.05, 4.69) is 5.32 Å². The third-order valence-corrected chi connectivity index (χ3v) is 4.89. The van der Waals surface area contributed by atoms with Gasteiger partial charge in [0.2, 0.25) is 0 Å². The van der Waals surface area contributed by atoms with Gasteiger partial charge in [-0.3, -0.25) is 0 Å². The Morgan fingerprint density at radius 2 is 1.46 bits per heavy atom. The third-order valence-electron chi connectivity index (χ3n) is 4.89. The van der Waals surface area contributed by atoms with Crippen LogP contribution in [-0.2, 0) is 20.4 Å². The van der Waals surface area contributed by atoms with Crippen molar-refractivity contribution in [1.82, 2.24) is 5.32 Å². The van der Waals surface area contributed by atoms with E-state index in [4.69, 9.17) is 14.2 Å². The van der Waals surface area contributed by atoms with Crippen molar-refractivity contribution < 1.29 is 37.0 Å². The van der Waals surface area contributed by atoms with E-state index >= 15 is 0 Å². The molecule has 0 spiro atoms. The highest BCUT2D eigenvalue weighted by Crippen LogP contribution is 2.32. The summed E-state index contributed by atoms with van der Waals surface area (Å²) in [5.41, 5.74) is -0.876. The van der Waals surface area contributed by atoms with Gasteiger partial charge in [-0.1, -0.05) is 44.2 Å². The number of carbonyl (C=O) groups is 2. The van der Waals surface area contributed by atoms with Crippen molar-refractivity contribution in [1.29, 1.82) is 0 Å². The summed E-state index contributed by atoms with van der Waals surface area (Å²) in [5.74, 6) is -0.800. The van der Waals surface area contributed by atoms with Crippen LogP contribution in [0, 0.1) is 5.92 Å². The quantitative estimate of drug-likeness (QED) is 0.435. The Kier molecular flexibility index (Phi) is 9.18. The SMILES string of the molecule is CC(C)[C@H](NC(=O)OC(C)(C)C)C(=O)O[C@@H](C)[C@H](Oc1ccc(C(F)(F)F)cc1)c1ccccc1. The maximum atomic E-state index is 13.0. The van der Waals surface area contributed by atoms with Crippen LogP contribution in [0.5, 0.6) is 5.75 Å². The molecule has 2 aromatic carbocycles. The minimum absolute atomic E-state index is 0.182. The van der Waals surface area contributed by atoms with Crippen molar-refractivity contribution >= 4 is 12.1 Å². The van der Waals surface area contributed by atoms with Crippen molar-refractivity contribution in [3.8, 4) is 5.75 Å². The Balaban J connectivity index is 2.20. The molecule has 35 heavy (non-hydrogen) atoms. The second kappa shape index (κ2) is 11.5. The predicted molar refractivity (Wildman–Crippen MR) is 125 cm³/mol. The molecule has 0 fully saturated rings. The number of hydrogen-bond acceptors (Lipinski definition) is 5. The van der Waals surface area contributed by atoms with Gasteiger partial charge in [-0.2, -0.15) is 13.2 Å². The number of esters is 1. The lowest BCUT2D eigenvalue weighted by atomic mass is 10.0. The molecule has 0 radical (unpaired) electrons. The van der Waals surface area contributed by atoms with Gasteiger partial charge in [0.25, 0.3) is 0 Å². The van der Waals surface area contributed by atoms with Crippen molar-refractivity contribution in [2.45, 2.75) is 71.6 Å². The summed E-state index contributed by atoms with van der Waals surface area (Å²) in [6.45, 7) is 10.2. The zero-order valence-electron chi connectivity index (χ0n) is 20.7. The van der Waals surface area contributed by atoms with Crippen LogP contribution in [0.2, 0.25) is 0 Å². The minimum Gasteiger partial charge on any atom is -0.482 e. The van der Waals surface area contributed by atoms with Crippen LogP contribution >= 0.6 is 0 Å². The Morgan fingerprint density at radius 1 is 0.886 bits per heavy atom. The highest BCUT2D eigenvalue weighted by molar-refractivity contribution is 5.81. The number of rotatable bonds is 8. The van der Waals surface area contributed by atoms with Gasteiger partial charge >= 0.3 is 18.2 Å². The molecule has 9 heteroatoms. The predicted octanol–water partition coefficient (Wildman–Crippen LogP) is 6.31. The first-order chi connectivity index (χ1) is 16.2. The summed E-state index contributed by atoms with van der Waals surface area (Å²) in [6, 6.07) is 12.2. The molecule has 0 saturated heterocycles. The van der Waals surface area contributed by atoms with E-state index in [1.807, 2.05) is 0 Å². The van der Waals surface area contributed by atoms with Gasteiger partial charge in [-0.05, 0) is 63.4 Å². The molecular formula is C26H32F3NO5. The number of ether oxygens (including phenoxy) is 3. The molecule has 192 valence electrons. The molecule has 0 aliphatic rings. The van der Waals surface area contributed by atoms with Gasteiger partial charge in [0.15, 0.2) is 6.10 Å². The van der Waals surface area contributed by atoms with Gasteiger partial charge in [-0.15, -0.1) is 0 Å². The second-order valence-electron chi connectivity index (χ2n) is 9.48. The summed E-state index contributed by atoms with van der Waals surface area (Å²) in [4.78, 5) is 25.2. The number of alkyl carbamates (subject to hydrolysis) is 1. The Hall–Kier alpha value is -3.23.